The molecule has 10 nitrogen and oxygen atoms in total. The smallest absolute Gasteiger partial charge is 0.255 e. The average molecular weight is 541 g/mol. The van der Waals surface area contributed by atoms with E-state index in [9.17, 15) is 9.90 Å². The van der Waals surface area contributed by atoms with Crippen LogP contribution in [0.1, 0.15) is 35.2 Å². The van der Waals surface area contributed by atoms with Gasteiger partial charge in [0.05, 0.1) is 45.9 Å². The van der Waals surface area contributed by atoms with Gasteiger partial charge < -0.3 is 35.8 Å². The van der Waals surface area contributed by atoms with Gasteiger partial charge in [0.25, 0.3) is 5.91 Å². The van der Waals surface area contributed by atoms with Crippen LogP contribution in [0, 0.1) is 0 Å². The number of nitrogens with one attached hydrogen (secondary N) is 2. The lowest BCUT2D eigenvalue weighted by atomic mass is 9.98. The first-order chi connectivity index (χ1) is 18.4. The van der Waals surface area contributed by atoms with Crippen molar-refractivity contribution in [3.63, 3.8) is 0 Å². The quantitative estimate of drug-likeness (QED) is 0.251. The minimum absolute atomic E-state index is 0.0292. The zero-order valence-electron chi connectivity index (χ0n) is 21.4. The maximum Gasteiger partial charge on any atom is 0.255 e. The Bertz CT molecular complexity index is 1320. The summed E-state index contributed by atoms with van der Waals surface area (Å²) in [6.07, 6.45) is 3.05. The Morgan fingerprint density at radius 1 is 1.34 bits per heavy atom. The molecule has 2 atom stereocenters. The Morgan fingerprint density at radius 3 is 3.03 bits per heavy atom. The van der Waals surface area contributed by atoms with Crippen LogP contribution >= 0.6 is 11.6 Å². The third-order valence-electron chi connectivity index (χ3n) is 7.21. The highest BCUT2D eigenvalue weighted by molar-refractivity contribution is 6.33. The molecule has 0 bridgehead atoms. The molecular weight excluding hydrogens is 508 g/mol. The summed E-state index contributed by atoms with van der Waals surface area (Å²) in [6, 6.07) is 8.82. The third kappa shape index (κ3) is 5.57. The number of anilines is 2. The highest BCUT2D eigenvalue weighted by Gasteiger charge is 2.32. The van der Waals surface area contributed by atoms with Crippen LogP contribution in [0.5, 0.6) is 11.6 Å². The van der Waals surface area contributed by atoms with E-state index in [1.807, 2.05) is 18.2 Å². The molecular formula is C27H33ClN6O4. The van der Waals surface area contributed by atoms with Gasteiger partial charge in [-0.1, -0.05) is 23.7 Å². The number of para-hydroxylation sites is 1. The number of piperidine rings is 1. The molecule has 5 rings (SSSR count). The number of nitrogens with two attached hydrogens (primary N) is 1. The number of benzene rings is 2. The van der Waals surface area contributed by atoms with Gasteiger partial charge in [0.1, 0.15) is 5.75 Å². The molecule has 38 heavy (non-hydrogen) atoms. The third-order valence-corrected chi connectivity index (χ3v) is 7.53. The average Bonchev–Trinajstić information content (AvgIpc) is 2.93. The number of halogens is 1. The van der Waals surface area contributed by atoms with E-state index in [1.54, 1.807) is 19.2 Å². The summed E-state index contributed by atoms with van der Waals surface area (Å²) < 4.78 is 11.6. The molecule has 11 heteroatoms. The summed E-state index contributed by atoms with van der Waals surface area (Å²) in [5, 5.41) is 17.5. The molecule has 2 aliphatic rings. The lowest BCUT2D eigenvalue weighted by molar-refractivity contribution is 0.00636. The first-order valence-corrected chi connectivity index (χ1v) is 13.3. The largest absolute Gasteiger partial charge is 0.493 e. The SMILES string of the molecule is CO[C@H]1CN(CCCNc2nc(O)c3ccccc3n2)CC[C@H]1NC(=O)c1cc(Cl)c(N)c2c1OCCC2. The molecule has 0 spiro atoms. The second-order valence-electron chi connectivity index (χ2n) is 9.69. The van der Waals surface area contributed by atoms with Crippen molar-refractivity contribution in [3.05, 3.63) is 46.5 Å². The number of methoxy groups -OCH3 is 1. The zero-order chi connectivity index (χ0) is 26.6. The summed E-state index contributed by atoms with van der Waals surface area (Å²) >= 11 is 6.33. The molecule has 1 aromatic heterocycles. The lowest BCUT2D eigenvalue weighted by Gasteiger charge is -2.38. The van der Waals surface area contributed by atoms with Crippen molar-refractivity contribution in [1.82, 2.24) is 20.2 Å². The first-order valence-electron chi connectivity index (χ1n) is 12.9. The fourth-order valence-corrected chi connectivity index (χ4v) is 5.40. The number of aromatic hydroxyl groups is 1. The van der Waals surface area contributed by atoms with Crippen molar-refractivity contribution in [1.29, 1.82) is 0 Å². The number of carbonyl (C=O) groups excluding carboxylic acids is 1. The molecule has 3 heterocycles. The highest BCUT2D eigenvalue weighted by atomic mass is 35.5. The van der Waals surface area contributed by atoms with Crippen LogP contribution in [0.15, 0.2) is 30.3 Å². The fourth-order valence-electron chi connectivity index (χ4n) is 5.18. The van der Waals surface area contributed by atoms with Crippen LogP contribution in [0.3, 0.4) is 0 Å². The number of amides is 1. The fraction of sp³-hybridized carbons (Fsp3) is 0.444. The van der Waals surface area contributed by atoms with E-state index < -0.39 is 0 Å². The van der Waals surface area contributed by atoms with E-state index >= 15 is 0 Å². The van der Waals surface area contributed by atoms with Crippen LogP contribution in [0.4, 0.5) is 11.6 Å². The van der Waals surface area contributed by atoms with Gasteiger partial charge in [0.15, 0.2) is 0 Å². The van der Waals surface area contributed by atoms with Gasteiger partial charge in [-0.25, -0.2) is 4.98 Å². The standard InChI is InChI=1S/C27H33ClN6O4/c1-37-22-15-34(11-5-10-30-27-32-20-8-3-2-6-16(20)25(35)33-27)12-9-21(22)31-26(36)18-14-19(28)23(29)17-7-4-13-38-24(17)18/h2-3,6,8,14,21-22H,4-5,7,9-13,15,29H2,1H3,(H,31,36)(H2,30,32,33,35)/t21-,22+/m1/s1. The van der Waals surface area contributed by atoms with E-state index in [-0.39, 0.29) is 23.9 Å². The summed E-state index contributed by atoms with van der Waals surface area (Å²) in [7, 11) is 1.67. The number of ether oxygens (including phenoxy) is 2. The van der Waals surface area contributed by atoms with Gasteiger partial charge >= 0.3 is 0 Å². The van der Waals surface area contributed by atoms with Crippen LogP contribution < -0.4 is 21.1 Å². The van der Waals surface area contributed by atoms with Gasteiger partial charge in [-0.3, -0.25) is 4.79 Å². The second kappa shape index (κ2) is 11.6. The van der Waals surface area contributed by atoms with Crippen LogP contribution in [-0.4, -0.2) is 77.9 Å². The Hall–Kier alpha value is -3.34. The normalized spacial score (nSPS) is 19.5. The second-order valence-corrected chi connectivity index (χ2v) is 10.1. The van der Waals surface area contributed by atoms with E-state index in [2.05, 4.69) is 25.5 Å². The van der Waals surface area contributed by atoms with Crippen molar-refractivity contribution < 1.29 is 19.4 Å². The minimum Gasteiger partial charge on any atom is -0.493 e. The van der Waals surface area contributed by atoms with Crippen LogP contribution in [0.25, 0.3) is 10.9 Å². The summed E-state index contributed by atoms with van der Waals surface area (Å²) in [5.41, 5.74) is 8.55. The highest BCUT2D eigenvalue weighted by Crippen LogP contribution is 2.38. The van der Waals surface area contributed by atoms with Crippen molar-refractivity contribution >= 4 is 40.0 Å². The predicted octanol–water partition coefficient (Wildman–Crippen LogP) is 3.22. The Kier molecular flexibility index (Phi) is 8.01. The summed E-state index contributed by atoms with van der Waals surface area (Å²) in [5.74, 6) is 0.691. The van der Waals surface area contributed by atoms with Crippen molar-refractivity contribution in [2.75, 3.05) is 50.9 Å². The predicted molar refractivity (Wildman–Crippen MR) is 147 cm³/mol. The molecule has 0 radical (unpaired) electrons. The van der Waals surface area contributed by atoms with E-state index in [1.165, 1.54) is 0 Å². The van der Waals surface area contributed by atoms with Crippen molar-refractivity contribution in [3.8, 4) is 11.6 Å². The molecule has 2 aromatic carbocycles. The number of likely N-dealkylation sites (tertiary alicyclic amines) is 1. The number of nitrogens with zero attached hydrogens (tertiary/aromatic N) is 3. The van der Waals surface area contributed by atoms with Gasteiger partial charge in [-0.05, 0) is 50.4 Å². The molecule has 0 unspecified atom stereocenters. The summed E-state index contributed by atoms with van der Waals surface area (Å²) in [4.78, 5) is 24.2. The van der Waals surface area contributed by atoms with Crippen molar-refractivity contribution in [2.24, 2.45) is 0 Å². The van der Waals surface area contributed by atoms with Crippen LogP contribution in [-0.2, 0) is 11.2 Å². The molecule has 5 N–H and O–H groups in total. The molecule has 202 valence electrons. The molecule has 2 aliphatic heterocycles. The number of fused-ring (bicyclic) bond motifs is 2. The van der Waals surface area contributed by atoms with E-state index in [0.29, 0.717) is 58.6 Å². The first kappa shape index (κ1) is 26.3. The van der Waals surface area contributed by atoms with Gasteiger partial charge in [0.2, 0.25) is 11.8 Å². The molecule has 1 amide bonds. The number of carbonyl (C=O) groups is 1. The molecule has 1 saturated heterocycles. The minimum atomic E-state index is -0.228. The van der Waals surface area contributed by atoms with Gasteiger partial charge in [-0.2, -0.15) is 4.98 Å². The maximum absolute atomic E-state index is 13.2. The Labute approximate surface area is 226 Å². The number of aromatic nitrogens is 2. The van der Waals surface area contributed by atoms with E-state index in [0.717, 1.165) is 44.3 Å². The molecule has 1 fully saturated rings. The Morgan fingerprint density at radius 2 is 2.18 bits per heavy atom. The topological polar surface area (TPSA) is 135 Å². The van der Waals surface area contributed by atoms with Crippen LogP contribution in [0.2, 0.25) is 5.02 Å². The number of rotatable bonds is 8. The summed E-state index contributed by atoms with van der Waals surface area (Å²) in [6.45, 7) is 3.59. The zero-order valence-corrected chi connectivity index (χ0v) is 22.1. The lowest BCUT2D eigenvalue weighted by Crippen LogP contribution is -2.55. The number of hydrogen-bond acceptors (Lipinski definition) is 9. The number of hydrogen-bond donors (Lipinski definition) is 4. The molecule has 3 aromatic rings. The van der Waals surface area contributed by atoms with Gasteiger partial charge in [0, 0.05) is 32.3 Å². The maximum atomic E-state index is 13.2. The van der Waals surface area contributed by atoms with E-state index in [4.69, 9.17) is 26.8 Å². The number of nitrogen functional groups attached to an aromatic ring is 1. The molecule has 0 saturated carbocycles. The Balaban J connectivity index is 1.14. The van der Waals surface area contributed by atoms with Gasteiger partial charge in [-0.15, -0.1) is 0 Å². The molecule has 0 aliphatic carbocycles. The van der Waals surface area contributed by atoms with Crippen molar-refractivity contribution in [2.45, 2.75) is 37.8 Å². The monoisotopic (exact) mass is 540 g/mol.